The number of aliphatic hydroxyl groups excluding tert-OH is 1. The molecule has 0 aromatic rings. The lowest BCUT2D eigenvalue weighted by Gasteiger charge is -2.20. The summed E-state index contributed by atoms with van der Waals surface area (Å²) in [5.74, 6) is -0.612. The van der Waals surface area contributed by atoms with Crippen LogP contribution in [0.3, 0.4) is 0 Å². The molecule has 0 aliphatic carbocycles. The van der Waals surface area contributed by atoms with E-state index in [1.807, 2.05) is 13.8 Å². The lowest BCUT2D eigenvalue weighted by molar-refractivity contribution is -0.156. The fourth-order valence-corrected chi connectivity index (χ4v) is 3.08. The third kappa shape index (κ3) is 13.8. The molecule has 0 bridgehead atoms. The Balaban J connectivity index is 3.54. The number of hydrogen-bond acceptors (Lipinski definition) is 3. The summed E-state index contributed by atoms with van der Waals surface area (Å²) in [5, 5.41) is 9.77. The largest absolute Gasteiger partial charge is 0.463 e. The number of carbonyl (C=O) groups is 1. The first-order valence-electron chi connectivity index (χ1n) is 10.4. The average Bonchev–Trinajstić information content (AvgIpc) is 2.50. The van der Waals surface area contributed by atoms with Crippen LogP contribution >= 0.6 is 0 Å². The second-order valence-electron chi connectivity index (χ2n) is 7.51. The van der Waals surface area contributed by atoms with E-state index in [1.54, 1.807) is 6.92 Å². The van der Waals surface area contributed by atoms with E-state index in [-0.39, 0.29) is 18.0 Å². The first-order valence-corrected chi connectivity index (χ1v) is 10.4. The Kier molecular flexibility index (Phi) is 15.6. The molecule has 3 heteroatoms. The van der Waals surface area contributed by atoms with Crippen LogP contribution in [-0.2, 0) is 9.53 Å². The minimum absolute atomic E-state index is 0.110. The normalized spacial score (nSPS) is 13.9. The molecular formula is C21H42O3. The molecule has 2 atom stereocenters. The van der Waals surface area contributed by atoms with E-state index in [0.717, 1.165) is 19.3 Å². The zero-order valence-corrected chi connectivity index (χ0v) is 16.7. The second-order valence-corrected chi connectivity index (χ2v) is 7.51. The Morgan fingerprint density at radius 3 is 1.58 bits per heavy atom. The molecule has 0 aromatic heterocycles. The van der Waals surface area contributed by atoms with Crippen molar-refractivity contribution >= 4 is 5.97 Å². The maximum Gasteiger partial charge on any atom is 0.311 e. The van der Waals surface area contributed by atoms with Crippen molar-refractivity contribution in [2.24, 2.45) is 5.92 Å². The predicted molar refractivity (Wildman–Crippen MR) is 102 cm³/mol. The number of aliphatic hydroxyl groups is 1. The van der Waals surface area contributed by atoms with Crippen molar-refractivity contribution in [2.75, 3.05) is 0 Å². The molecule has 0 saturated heterocycles. The van der Waals surface area contributed by atoms with Gasteiger partial charge in [-0.15, -0.1) is 0 Å². The fourth-order valence-electron chi connectivity index (χ4n) is 3.08. The fraction of sp³-hybridized carbons (Fsp3) is 0.952. The Morgan fingerprint density at radius 2 is 1.21 bits per heavy atom. The average molecular weight is 343 g/mol. The van der Waals surface area contributed by atoms with E-state index in [9.17, 15) is 9.90 Å². The Bertz CT molecular complexity index is 287. The number of esters is 1. The number of rotatable bonds is 16. The molecule has 0 amide bonds. The van der Waals surface area contributed by atoms with Crippen LogP contribution in [0.2, 0.25) is 0 Å². The van der Waals surface area contributed by atoms with Crippen molar-refractivity contribution < 1.29 is 14.6 Å². The standard InChI is InChI=1S/C21H42O3/c1-5-6-7-8-9-10-11-12-13-14-15-16-17-20(19(4)22)21(23)24-18(2)3/h18-20,22H,5-17H2,1-4H3. The highest BCUT2D eigenvalue weighted by Crippen LogP contribution is 2.18. The summed E-state index contributed by atoms with van der Waals surface area (Å²) in [7, 11) is 0. The van der Waals surface area contributed by atoms with Crippen molar-refractivity contribution in [2.45, 2.75) is 123 Å². The topological polar surface area (TPSA) is 46.5 Å². The quantitative estimate of drug-likeness (QED) is 0.275. The van der Waals surface area contributed by atoms with Crippen molar-refractivity contribution in [1.29, 1.82) is 0 Å². The van der Waals surface area contributed by atoms with Crippen molar-refractivity contribution in [3.05, 3.63) is 0 Å². The SMILES string of the molecule is CCCCCCCCCCCCCCC(C(=O)OC(C)C)C(C)O. The molecule has 0 aliphatic rings. The summed E-state index contributed by atoms with van der Waals surface area (Å²) in [6.07, 6.45) is 15.7. The first-order chi connectivity index (χ1) is 11.5. The van der Waals surface area contributed by atoms with Gasteiger partial charge in [0.2, 0.25) is 0 Å². The molecular weight excluding hydrogens is 300 g/mol. The highest BCUT2D eigenvalue weighted by atomic mass is 16.5. The van der Waals surface area contributed by atoms with Gasteiger partial charge in [0, 0.05) is 0 Å². The van der Waals surface area contributed by atoms with Crippen molar-refractivity contribution in [3.8, 4) is 0 Å². The van der Waals surface area contributed by atoms with Crippen molar-refractivity contribution in [3.63, 3.8) is 0 Å². The molecule has 0 spiro atoms. The summed E-state index contributed by atoms with van der Waals surface area (Å²) >= 11 is 0. The van der Waals surface area contributed by atoms with E-state index >= 15 is 0 Å². The lowest BCUT2D eigenvalue weighted by Crippen LogP contribution is -2.29. The summed E-state index contributed by atoms with van der Waals surface area (Å²) < 4.78 is 5.23. The minimum atomic E-state index is -0.621. The Labute approximate surface area is 150 Å². The Hall–Kier alpha value is -0.570. The summed E-state index contributed by atoms with van der Waals surface area (Å²) in [6, 6.07) is 0. The lowest BCUT2D eigenvalue weighted by atomic mass is 9.95. The molecule has 144 valence electrons. The molecule has 0 heterocycles. The maximum atomic E-state index is 11.9. The van der Waals surface area contributed by atoms with Crippen LogP contribution in [0.4, 0.5) is 0 Å². The number of carbonyl (C=O) groups excluding carboxylic acids is 1. The van der Waals surface area contributed by atoms with E-state index < -0.39 is 6.10 Å². The Morgan fingerprint density at radius 1 is 0.792 bits per heavy atom. The van der Waals surface area contributed by atoms with Crippen LogP contribution in [0.1, 0.15) is 111 Å². The van der Waals surface area contributed by atoms with Crippen molar-refractivity contribution in [1.82, 2.24) is 0 Å². The van der Waals surface area contributed by atoms with Crippen LogP contribution < -0.4 is 0 Å². The van der Waals surface area contributed by atoms with Crippen LogP contribution in [-0.4, -0.2) is 23.3 Å². The molecule has 0 aliphatic heterocycles. The molecule has 24 heavy (non-hydrogen) atoms. The van der Waals surface area contributed by atoms with E-state index in [4.69, 9.17) is 4.74 Å². The predicted octanol–water partition coefficient (Wildman–Crippen LogP) is 6.03. The number of unbranched alkanes of at least 4 members (excludes halogenated alkanes) is 11. The maximum absolute atomic E-state index is 11.9. The van der Waals surface area contributed by atoms with Crippen LogP contribution in [0.25, 0.3) is 0 Å². The molecule has 0 fully saturated rings. The summed E-state index contributed by atoms with van der Waals surface area (Å²) in [5.41, 5.74) is 0. The van der Waals surface area contributed by atoms with E-state index in [2.05, 4.69) is 6.92 Å². The highest BCUT2D eigenvalue weighted by Gasteiger charge is 2.25. The molecule has 0 radical (unpaired) electrons. The molecule has 1 N–H and O–H groups in total. The van der Waals surface area contributed by atoms with E-state index in [1.165, 1.54) is 64.2 Å². The molecule has 3 nitrogen and oxygen atoms in total. The highest BCUT2D eigenvalue weighted by molar-refractivity contribution is 5.73. The number of hydrogen-bond donors (Lipinski definition) is 1. The smallest absolute Gasteiger partial charge is 0.311 e. The number of ether oxygens (including phenoxy) is 1. The van der Waals surface area contributed by atoms with Gasteiger partial charge in [-0.25, -0.2) is 0 Å². The van der Waals surface area contributed by atoms with Gasteiger partial charge in [0.15, 0.2) is 0 Å². The van der Waals surface area contributed by atoms with Crippen LogP contribution in [0.5, 0.6) is 0 Å². The first kappa shape index (κ1) is 23.4. The van der Waals surface area contributed by atoms with Gasteiger partial charge in [0.05, 0.1) is 18.1 Å². The molecule has 2 unspecified atom stereocenters. The minimum Gasteiger partial charge on any atom is -0.463 e. The molecule has 0 aromatic carbocycles. The molecule has 0 rings (SSSR count). The van der Waals surface area contributed by atoms with Gasteiger partial charge in [0.1, 0.15) is 0 Å². The van der Waals surface area contributed by atoms with Gasteiger partial charge in [0.25, 0.3) is 0 Å². The zero-order valence-electron chi connectivity index (χ0n) is 16.7. The van der Waals surface area contributed by atoms with E-state index in [0.29, 0.717) is 0 Å². The second kappa shape index (κ2) is 15.9. The third-order valence-electron chi connectivity index (χ3n) is 4.61. The van der Waals surface area contributed by atoms with Gasteiger partial charge in [-0.05, 0) is 27.2 Å². The van der Waals surface area contributed by atoms with Gasteiger partial charge in [-0.3, -0.25) is 4.79 Å². The zero-order chi connectivity index (χ0) is 18.2. The van der Waals surface area contributed by atoms with Gasteiger partial charge >= 0.3 is 5.97 Å². The molecule has 0 saturated carbocycles. The monoisotopic (exact) mass is 342 g/mol. The van der Waals surface area contributed by atoms with Gasteiger partial charge < -0.3 is 9.84 Å². The van der Waals surface area contributed by atoms with Crippen LogP contribution in [0, 0.1) is 5.92 Å². The van der Waals surface area contributed by atoms with Gasteiger partial charge in [-0.1, -0.05) is 84.0 Å². The third-order valence-corrected chi connectivity index (χ3v) is 4.61. The summed E-state index contributed by atoms with van der Waals surface area (Å²) in [6.45, 7) is 7.64. The summed E-state index contributed by atoms with van der Waals surface area (Å²) in [4.78, 5) is 11.9. The van der Waals surface area contributed by atoms with Gasteiger partial charge in [-0.2, -0.15) is 0 Å². The van der Waals surface area contributed by atoms with Crippen LogP contribution in [0.15, 0.2) is 0 Å².